The first-order valence-corrected chi connectivity index (χ1v) is 10.7. The molecule has 2 heterocycles. The second-order valence-corrected chi connectivity index (χ2v) is 8.99. The van der Waals surface area contributed by atoms with Crippen molar-refractivity contribution < 1.29 is 13.9 Å². The minimum Gasteiger partial charge on any atom is -0.444 e. The summed E-state index contributed by atoms with van der Waals surface area (Å²) in [6.45, 7) is 7.27. The molecular weight excluding hydrogens is 395 g/mol. The second-order valence-electron chi connectivity index (χ2n) is 8.99. The van der Waals surface area contributed by atoms with Crippen LogP contribution in [0.25, 0.3) is 11.0 Å². The van der Waals surface area contributed by atoms with Crippen LogP contribution in [0.3, 0.4) is 0 Å². The van der Waals surface area contributed by atoms with Gasteiger partial charge in [0, 0.05) is 24.7 Å². The normalized spacial score (nSPS) is 15.3. The van der Waals surface area contributed by atoms with Crippen molar-refractivity contribution in [2.75, 3.05) is 18.4 Å². The molecule has 31 heavy (non-hydrogen) atoms. The molecule has 1 fully saturated rings. The number of nitrogens with zero attached hydrogens (tertiary/aromatic N) is 3. The smallest absolute Gasteiger partial charge is 0.410 e. The van der Waals surface area contributed by atoms with Crippen molar-refractivity contribution in [1.29, 1.82) is 0 Å². The van der Waals surface area contributed by atoms with Crippen LogP contribution in [-0.4, -0.2) is 45.3 Å². The van der Waals surface area contributed by atoms with Gasteiger partial charge in [-0.2, -0.15) is 0 Å². The first-order valence-electron chi connectivity index (χ1n) is 10.7. The molecule has 1 saturated heterocycles. The Balaban J connectivity index is 1.49. The number of benzene rings is 2. The molecule has 0 atom stereocenters. The third-order valence-electron chi connectivity index (χ3n) is 5.42. The third-order valence-corrected chi connectivity index (χ3v) is 5.42. The number of imidazole rings is 1. The summed E-state index contributed by atoms with van der Waals surface area (Å²) in [5.41, 5.74) is 1.95. The van der Waals surface area contributed by atoms with Crippen LogP contribution in [0.4, 0.5) is 15.1 Å². The van der Waals surface area contributed by atoms with E-state index in [0.717, 1.165) is 29.8 Å². The zero-order valence-corrected chi connectivity index (χ0v) is 18.3. The molecule has 7 heteroatoms. The van der Waals surface area contributed by atoms with Crippen molar-refractivity contribution in [2.45, 2.75) is 51.8 Å². The highest BCUT2D eigenvalue weighted by Gasteiger charge is 2.27. The van der Waals surface area contributed by atoms with Gasteiger partial charge >= 0.3 is 6.09 Å². The molecule has 1 aromatic heterocycles. The zero-order valence-electron chi connectivity index (χ0n) is 18.3. The van der Waals surface area contributed by atoms with E-state index in [0.29, 0.717) is 25.2 Å². The van der Waals surface area contributed by atoms with Gasteiger partial charge in [-0.25, -0.2) is 14.2 Å². The number of aromatic nitrogens is 2. The lowest BCUT2D eigenvalue weighted by atomic mass is 10.1. The number of hydrogen-bond acceptors (Lipinski definition) is 4. The number of ether oxygens (including phenoxy) is 1. The van der Waals surface area contributed by atoms with E-state index in [-0.39, 0.29) is 18.0 Å². The summed E-state index contributed by atoms with van der Waals surface area (Å²) < 4.78 is 21.8. The van der Waals surface area contributed by atoms with E-state index < -0.39 is 5.60 Å². The maximum atomic E-state index is 14.3. The molecular formula is C24H29FN4O2. The summed E-state index contributed by atoms with van der Waals surface area (Å²) >= 11 is 0. The summed E-state index contributed by atoms with van der Waals surface area (Å²) in [5, 5.41) is 3.54. The van der Waals surface area contributed by atoms with Crippen molar-refractivity contribution >= 4 is 23.1 Å². The predicted molar refractivity (Wildman–Crippen MR) is 120 cm³/mol. The second kappa shape index (κ2) is 8.57. The van der Waals surface area contributed by atoms with Crippen LogP contribution in [0, 0.1) is 5.82 Å². The molecule has 1 amide bonds. The van der Waals surface area contributed by atoms with E-state index in [2.05, 4.69) is 5.32 Å². The summed E-state index contributed by atoms with van der Waals surface area (Å²) in [4.78, 5) is 18.8. The first kappa shape index (κ1) is 21.2. The molecule has 0 bridgehead atoms. The van der Waals surface area contributed by atoms with E-state index in [1.807, 2.05) is 55.7 Å². The van der Waals surface area contributed by atoms with Crippen LogP contribution in [-0.2, 0) is 11.3 Å². The summed E-state index contributed by atoms with van der Waals surface area (Å²) in [7, 11) is 0. The Kier molecular flexibility index (Phi) is 5.85. The molecule has 0 saturated carbocycles. The number of likely N-dealkylation sites (tertiary alicyclic amines) is 1. The largest absolute Gasteiger partial charge is 0.444 e. The van der Waals surface area contributed by atoms with Crippen molar-refractivity contribution in [2.24, 2.45) is 0 Å². The predicted octanol–water partition coefficient (Wildman–Crippen LogP) is 5.04. The fourth-order valence-corrected chi connectivity index (χ4v) is 3.86. The molecule has 2 aromatic carbocycles. The number of carbonyl (C=O) groups is 1. The van der Waals surface area contributed by atoms with Crippen LogP contribution < -0.4 is 5.32 Å². The molecule has 6 nitrogen and oxygen atoms in total. The minimum absolute atomic E-state index is 0.176. The van der Waals surface area contributed by atoms with Gasteiger partial charge in [-0.1, -0.05) is 30.3 Å². The number of para-hydroxylation sites is 2. The molecule has 0 aliphatic carbocycles. The van der Waals surface area contributed by atoms with Gasteiger partial charge in [0.15, 0.2) is 0 Å². The van der Waals surface area contributed by atoms with E-state index >= 15 is 0 Å². The Bertz CT molecular complexity index is 1060. The number of hydrogen-bond donors (Lipinski definition) is 1. The van der Waals surface area contributed by atoms with Crippen LogP contribution in [0.5, 0.6) is 0 Å². The number of nitrogens with one attached hydrogen (secondary N) is 1. The van der Waals surface area contributed by atoms with Gasteiger partial charge in [-0.05, 0) is 51.8 Å². The Morgan fingerprint density at radius 3 is 2.52 bits per heavy atom. The number of carbonyl (C=O) groups excluding carboxylic acids is 1. The molecule has 1 N–H and O–H groups in total. The number of anilines is 1. The van der Waals surface area contributed by atoms with Gasteiger partial charge in [-0.3, -0.25) is 0 Å². The third kappa shape index (κ3) is 4.98. The van der Waals surface area contributed by atoms with E-state index in [4.69, 9.17) is 9.72 Å². The quantitative estimate of drug-likeness (QED) is 0.638. The first-order chi connectivity index (χ1) is 14.8. The molecule has 3 aromatic rings. The van der Waals surface area contributed by atoms with Crippen LogP contribution in [0.1, 0.15) is 39.2 Å². The SMILES string of the molecule is CC(C)(C)OC(=O)N1CCC(Nc2nc3ccccc3n2Cc2ccccc2F)CC1. The monoisotopic (exact) mass is 424 g/mol. The molecule has 164 valence electrons. The Labute approximate surface area is 182 Å². The number of amides is 1. The molecule has 4 rings (SSSR count). The van der Waals surface area contributed by atoms with Crippen LogP contribution in [0.15, 0.2) is 48.5 Å². The van der Waals surface area contributed by atoms with Gasteiger partial charge < -0.3 is 19.5 Å². The average molecular weight is 425 g/mol. The van der Waals surface area contributed by atoms with Crippen molar-refractivity contribution in [3.05, 3.63) is 59.9 Å². The van der Waals surface area contributed by atoms with Crippen molar-refractivity contribution in [3.8, 4) is 0 Å². The lowest BCUT2D eigenvalue weighted by Crippen LogP contribution is -2.44. The molecule has 0 unspecified atom stereocenters. The highest BCUT2D eigenvalue weighted by atomic mass is 19.1. The van der Waals surface area contributed by atoms with Crippen molar-refractivity contribution in [3.63, 3.8) is 0 Å². The molecule has 0 radical (unpaired) electrons. The number of halogens is 1. The van der Waals surface area contributed by atoms with Crippen molar-refractivity contribution in [1.82, 2.24) is 14.5 Å². The maximum Gasteiger partial charge on any atom is 0.410 e. The summed E-state index contributed by atoms with van der Waals surface area (Å²) in [6.07, 6.45) is 1.32. The van der Waals surface area contributed by atoms with Gasteiger partial charge in [0.1, 0.15) is 11.4 Å². The van der Waals surface area contributed by atoms with Gasteiger partial charge in [0.25, 0.3) is 0 Å². The molecule has 0 spiro atoms. The Morgan fingerprint density at radius 1 is 1.13 bits per heavy atom. The minimum atomic E-state index is -0.496. The topological polar surface area (TPSA) is 59.4 Å². The fourth-order valence-electron chi connectivity index (χ4n) is 3.86. The zero-order chi connectivity index (χ0) is 22.0. The molecule has 1 aliphatic rings. The lowest BCUT2D eigenvalue weighted by Gasteiger charge is -2.34. The van der Waals surface area contributed by atoms with Crippen LogP contribution >= 0.6 is 0 Å². The summed E-state index contributed by atoms with van der Waals surface area (Å²) in [6, 6.07) is 14.9. The average Bonchev–Trinajstić information content (AvgIpc) is 3.06. The number of fused-ring (bicyclic) bond motifs is 1. The summed E-state index contributed by atoms with van der Waals surface area (Å²) in [5.74, 6) is 0.497. The fraction of sp³-hybridized carbons (Fsp3) is 0.417. The maximum absolute atomic E-state index is 14.3. The Hall–Kier alpha value is -3.09. The highest BCUT2D eigenvalue weighted by molar-refractivity contribution is 5.78. The van der Waals surface area contributed by atoms with E-state index in [1.165, 1.54) is 6.07 Å². The standard InChI is InChI=1S/C24H29FN4O2/c1-24(2,3)31-23(30)28-14-12-18(13-15-28)26-22-27-20-10-6-7-11-21(20)29(22)16-17-8-4-5-9-19(17)25/h4-11,18H,12-16H2,1-3H3,(H,26,27). The van der Waals surface area contributed by atoms with Gasteiger partial charge in [0.2, 0.25) is 5.95 Å². The Morgan fingerprint density at radius 2 is 1.81 bits per heavy atom. The number of piperidine rings is 1. The van der Waals surface area contributed by atoms with Crippen LogP contribution in [0.2, 0.25) is 0 Å². The van der Waals surface area contributed by atoms with E-state index in [1.54, 1.807) is 17.0 Å². The van der Waals surface area contributed by atoms with Gasteiger partial charge in [-0.15, -0.1) is 0 Å². The molecule has 1 aliphatic heterocycles. The van der Waals surface area contributed by atoms with E-state index in [9.17, 15) is 9.18 Å². The number of rotatable bonds is 4. The lowest BCUT2D eigenvalue weighted by molar-refractivity contribution is 0.0210. The highest BCUT2D eigenvalue weighted by Crippen LogP contribution is 2.25. The van der Waals surface area contributed by atoms with Gasteiger partial charge in [0.05, 0.1) is 17.6 Å².